The minimum Gasteiger partial charge on any atom is -0.308 e. The van der Waals surface area contributed by atoms with Crippen LogP contribution in [0, 0.1) is 11.2 Å². The third-order valence-corrected chi connectivity index (χ3v) is 6.45. The van der Waals surface area contributed by atoms with Crippen molar-refractivity contribution < 1.29 is 17.6 Å². The highest BCUT2D eigenvalue weighted by molar-refractivity contribution is 7.92. The largest absolute Gasteiger partial charge is 0.308 e. The second-order valence-electron chi connectivity index (χ2n) is 8.24. The average molecular weight is 489 g/mol. The fourth-order valence-electron chi connectivity index (χ4n) is 2.96. The molecule has 0 fully saturated rings. The van der Waals surface area contributed by atoms with Crippen LogP contribution >= 0.6 is 11.6 Å². The third-order valence-electron chi connectivity index (χ3n) is 4.78. The summed E-state index contributed by atoms with van der Waals surface area (Å²) in [6.45, 7) is 5.91. The van der Waals surface area contributed by atoms with Crippen LogP contribution in [0.2, 0.25) is 5.02 Å². The van der Waals surface area contributed by atoms with Crippen LogP contribution in [0.4, 0.5) is 15.9 Å². The number of nitrogens with zero attached hydrogens (tertiary/aromatic N) is 1. The quantitative estimate of drug-likeness (QED) is 0.413. The molecular weight excluding hydrogens is 467 g/mol. The number of carbonyl (C=O) groups is 1. The Hall–Kier alpha value is -3.30. The molecule has 0 bridgehead atoms. The first-order valence-electron chi connectivity index (χ1n) is 9.81. The van der Waals surface area contributed by atoms with Gasteiger partial charge in [-0.3, -0.25) is 9.52 Å². The Labute approximate surface area is 196 Å². The number of sulfonamides is 1. The van der Waals surface area contributed by atoms with E-state index >= 15 is 0 Å². The molecule has 1 aromatic heterocycles. The zero-order chi connectivity index (χ0) is 24.4. The maximum Gasteiger partial charge on any atom is 0.261 e. The summed E-state index contributed by atoms with van der Waals surface area (Å²) in [5, 5.41) is 9.88. The Morgan fingerprint density at radius 2 is 1.85 bits per heavy atom. The van der Waals surface area contributed by atoms with E-state index in [9.17, 15) is 17.6 Å². The number of benzene rings is 2. The molecular formula is C23H22ClFN4O3S. The number of aromatic nitrogens is 1. The molecule has 0 aliphatic heterocycles. The number of amides is 1. The van der Waals surface area contributed by atoms with Crippen molar-refractivity contribution >= 4 is 45.3 Å². The van der Waals surface area contributed by atoms with Gasteiger partial charge in [0, 0.05) is 24.0 Å². The predicted molar refractivity (Wildman–Crippen MR) is 127 cm³/mol. The van der Waals surface area contributed by atoms with Gasteiger partial charge in [0.05, 0.1) is 21.2 Å². The van der Waals surface area contributed by atoms with Gasteiger partial charge >= 0.3 is 0 Å². The highest BCUT2D eigenvalue weighted by Gasteiger charge is 2.21. The summed E-state index contributed by atoms with van der Waals surface area (Å²) in [5.74, 6) is -1.71. The van der Waals surface area contributed by atoms with Crippen molar-refractivity contribution in [3.8, 4) is 0 Å². The van der Waals surface area contributed by atoms with Crippen LogP contribution in [0.25, 0.3) is 0 Å². The molecule has 1 amide bonds. The molecule has 0 unspecified atom stereocenters. The Morgan fingerprint density at radius 1 is 1.15 bits per heavy atom. The van der Waals surface area contributed by atoms with Crippen LogP contribution in [-0.4, -0.2) is 25.5 Å². The summed E-state index contributed by atoms with van der Waals surface area (Å²) in [6.07, 6.45) is 2.14. The van der Waals surface area contributed by atoms with Crippen LogP contribution in [-0.2, 0) is 15.4 Å². The predicted octanol–water partition coefficient (Wildman–Crippen LogP) is 5.22. The van der Waals surface area contributed by atoms with Crippen molar-refractivity contribution in [3.05, 3.63) is 82.3 Å². The van der Waals surface area contributed by atoms with Crippen molar-refractivity contribution in [1.29, 1.82) is 5.41 Å². The fraction of sp³-hybridized carbons (Fsp3) is 0.174. The standard InChI is InChI=1S/C23H22ClFN4O3S/c1-23(2,3)15-6-4-7-16(10-15)33(31,32)29-19-11-20(27-13-14(19)12-26)28-22(30)21-17(24)8-5-9-18(21)25/h4-13,26H,1-3H3,(H2,27,28,29,30). The molecule has 0 aliphatic rings. The lowest BCUT2D eigenvalue weighted by molar-refractivity contribution is 0.102. The number of hydrogen-bond donors (Lipinski definition) is 3. The number of anilines is 2. The van der Waals surface area contributed by atoms with Crippen LogP contribution in [0.5, 0.6) is 0 Å². The van der Waals surface area contributed by atoms with Crippen molar-refractivity contribution in [3.63, 3.8) is 0 Å². The number of pyridine rings is 1. The molecule has 10 heteroatoms. The third kappa shape index (κ3) is 5.55. The summed E-state index contributed by atoms with van der Waals surface area (Å²) < 4.78 is 42.5. The van der Waals surface area contributed by atoms with E-state index in [0.29, 0.717) is 0 Å². The molecule has 0 saturated heterocycles. The van der Waals surface area contributed by atoms with E-state index in [1.54, 1.807) is 12.1 Å². The molecule has 3 aromatic rings. The van der Waals surface area contributed by atoms with E-state index in [0.717, 1.165) is 17.8 Å². The van der Waals surface area contributed by atoms with Gasteiger partial charge in [-0.05, 0) is 35.2 Å². The van der Waals surface area contributed by atoms with Gasteiger partial charge in [0.2, 0.25) is 0 Å². The first-order valence-corrected chi connectivity index (χ1v) is 11.7. The van der Waals surface area contributed by atoms with Crippen LogP contribution in [0.15, 0.2) is 59.6 Å². The van der Waals surface area contributed by atoms with E-state index in [1.165, 1.54) is 30.5 Å². The van der Waals surface area contributed by atoms with Crippen molar-refractivity contribution in [2.75, 3.05) is 10.0 Å². The summed E-state index contributed by atoms with van der Waals surface area (Å²) in [5.41, 5.74) is 0.414. The van der Waals surface area contributed by atoms with E-state index < -0.39 is 21.7 Å². The highest BCUT2D eigenvalue weighted by Crippen LogP contribution is 2.27. The smallest absolute Gasteiger partial charge is 0.261 e. The normalized spacial score (nSPS) is 11.7. The average Bonchev–Trinajstić information content (AvgIpc) is 2.73. The first-order chi connectivity index (χ1) is 15.4. The number of nitrogens with one attached hydrogen (secondary N) is 3. The lowest BCUT2D eigenvalue weighted by atomic mass is 9.87. The number of hydrogen-bond acceptors (Lipinski definition) is 5. The molecule has 33 heavy (non-hydrogen) atoms. The van der Waals surface area contributed by atoms with Gasteiger partial charge in [0.15, 0.2) is 0 Å². The minimum absolute atomic E-state index is 0.0242. The summed E-state index contributed by atoms with van der Waals surface area (Å²) in [7, 11) is -4.01. The Kier molecular flexibility index (Phi) is 6.85. The Morgan fingerprint density at radius 3 is 2.48 bits per heavy atom. The molecule has 0 spiro atoms. The molecule has 1 heterocycles. The molecule has 172 valence electrons. The number of carbonyl (C=O) groups excluding carboxylic acids is 1. The number of halogens is 2. The molecule has 0 saturated carbocycles. The molecule has 3 rings (SSSR count). The van der Waals surface area contributed by atoms with Crippen molar-refractivity contribution in [2.24, 2.45) is 0 Å². The van der Waals surface area contributed by atoms with Crippen LogP contribution < -0.4 is 10.0 Å². The summed E-state index contributed by atoms with van der Waals surface area (Å²) >= 11 is 5.93. The Bertz CT molecular complexity index is 1320. The SMILES string of the molecule is CC(C)(C)c1cccc(S(=O)(=O)Nc2cc(NC(=O)c3c(F)cccc3Cl)ncc2C=N)c1. The van der Waals surface area contributed by atoms with Gasteiger partial charge in [-0.1, -0.05) is 50.6 Å². The minimum atomic E-state index is -4.01. The second kappa shape index (κ2) is 9.29. The van der Waals surface area contributed by atoms with E-state index in [-0.39, 0.29) is 38.0 Å². The lowest BCUT2D eigenvalue weighted by Crippen LogP contribution is -2.18. The topological polar surface area (TPSA) is 112 Å². The number of rotatable bonds is 6. The van der Waals surface area contributed by atoms with Gasteiger partial charge in [-0.2, -0.15) is 0 Å². The van der Waals surface area contributed by atoms with E-state index in [2.05, 4.69) is 15.0 Å². The zero-order valence-electron chi connectivity index (χ0n) is 18.1. The maximum absolute atomic E-state index is 14.0. The van der Waals surface area contributed by atoms with Gasteiger partial charge in [-0.25, -0.2) is 17.8 Å². The Balaban J connectivity index is 1.93. The van der Waals surface area contributed by atoms with Gasteiger partial charge in [0.1, 0.15) is 11.6 Å². The molecule has 0 atom stereocenters. The molecule has 0 radical (unpaired) electrons. The van der Waals surface area contributed by atoms with Gasteiger partial charge in [0.25, 0.3) is 15.9 Å². The van der Waals surface area contributed by atoms with Crippen LogP contribution in [0.1, 0.15) is 42.3 Å². The molecule has 3 N–H and O–H groups in total. The summed E-state index contributed by atoms with van der Waals surface area (Å²) in [6, 6.07) is 11.6. The second-order valence-corrected chi connectivity index (χ2v) is 10.3. The molecule has 0 aliphatic carbocycles. The maximum atomic E-state index is 14.0. The molecule has 2 aromatic carbocycles. The van der Waals surface area contributed by atoms with E-state index in [1.807, 2.05) is 26.8 Å². The lowest BCUT2D eigenvalue weighted by Gasteiger charge is -2.20. The van der Waals surface area contributed by atoms with Crippen molar-refractivity contribution in [1.82, 2.24) is 4.98 Å². The fourth-order valence-corrected chi connectivity index (χ4v) is 4.34. The molecule has 7 nitrogen and oxygen atoms in total. The van der Waals surface area contributed by atoms with Gasteiger partial charge in [-0.15, -0.1) is 0 Å². The van der Waals surface area contributed by atoms with Crippen molar-refractivity contribution in [2.45, 2.75) is 31.1 Å². The highest BCUT2D eigenvalue weighted by atomic mass is 35.5. The van der Waals surface area contributed by atoms with Crippen LogP contribution in [0.3, 0.4) is 0 Å². The zero-order valence-corrected chi connectivity index (χ0v) is 19.7. The first kappa shape index (κ1) is 24.3. The van der Waals surface area contributed by atoms with E-state index in [4.69, 9.17) is 17.0 Å². The summed E-state index contributed by atoms with van der Waals surface area (Å²) in [4.78, 5) is 16.5. The van der Waals surface area contributed by atoms with Gasteiger partial charge < -0.3 is 10.7 Å². The monoisotopic (exact) mass is 488 g/mol.